The number of hydrogen-bond acceptors (Lipinski definition) is 3. The lowest BCUT2D eigenvalue weighted by atomic mass is 9.90. The van der Waals surface area contributed by atoms with Crippen LogP contribution in [-0.4, -0.2) is 36.0 Å². The highest BCUT2D eigenvalue weighted by Crippen LogP contribution is 2.25. The van der Waals surface area contributed by atoms with Gasteiger partial charge in [-0.2, -0.15) is 0 Å². The maximum Gasteiger partial charge on any atom is 0.410 e. The minimum Gasteiger partial charge on any atom is -0.453 e. The molecule has 13 heavy (non-hydrogen) atoms. The molecule has 74 valence electrons. The van der Waals surface area contributed by atoms with Crippen molar-refractivity contribution in [2.45, 2.75) is 32.2 Å². The van der Waals surface area contributed by atoms with Crippen molar-refractivity contribution in [3.8, 4) is 0 Å². The number of carbonyl (C=O) groups excluding carboxylic acids is 2. The number of nitrogens with zero attached hydrogens (tertiary/aromatic N) is 1. The Morgan fingerprint density at radius 2 is 2.15 bits per heavy atom. The molecule has 1 fully saturated rings. The highest BCUT2D eigenvalue weighted by atomic mass is 16.5. The van der Waals surface area contributed by atoms with E-state index >= 15 is 0 Å². The van der Waals surface area contributed by atoms with Crippen molar-refractivity contribution in [2.75, 3.05) is 13.7 Å². The van der Waals surface area contributed by atoms with Crippen molar-refractivity contribution in [1.29, 1.82) is 0 Å². The summed E-state index contributed by atoms with van der Waals surface area (Å²) in [7, 11) is 1.33. The number of rotatable bonds is 0. The number of methoxy groups -OCH3 is 1. The molecule has 1 heterocycles. The van der Waals surface area contributed by atoms with Crippen LogP contribution in [0.2, 0.25) is 0 Å². The van der Waals surface area contributed by atoms with Gasteiger partial charge in [-0.05, 0) is 20.3 Å². The monoisotopic (exact) mass is 185 g/mol. The Morgan fingerprint density at radius 1 is 1.54 bits per heavy atom. The van der Waals surface area contributed by atoms with E-state index in [0.29, 0.717) is 12.8 Å². The molecule has 1 aliphatic rings. The summed E-state index contributed by atoms with van der Waals surface area (Å²) in [5, 5.41) is 0. The second-order valence-corrected chi connectivity index (χ2v) is 3.91. The van der Waals surface area contributed by atoms with Gasteiger partial charge >= 0.3 is 6.09 Å². The van der Waals surface area contributed by atoms with Crippen LogP contribution in [0.5, 0.6) is 0 Å². The molecule has 1 saturated heterocycles. The maximum atomic E-state index is 11.3. The van der Waals surface area contributed by atoms with E-state index in [2.05, 4.69) is 4.74 Å². The second kappa shape index (κ2) is 3.36. The SMILES string of the molecule is COC(=O)N1CC(=O)CCC1(C)C. The lowest BCUT2D eigenvalue weighted by molar-refractivity contribution is -0.124. The van der Waals surface area contributed by atoms with Crippen LogP contribution >= 0.6 is 0 Å². The summed E-state index contributed by atoms with van der Waals surface area (Å²) in [4.78, 5) is 23.9. The molecule has 0 unspecified atom stereocenters. The van der Waals surface area contributed by atoms with Crippen molar-refractivity contribution in [3.05, 3.63) is 0 Å². The van der Waals surface area contributed by atoms with Gasteiger partial charge in [0.25, 0.3) is 0 Å². The van der Waals surface area contributed by atoms with E-state index in [-0.39, 0.29) is 17.9 Å². The first kappa shape index (κ1) is 10.0. The summed E-state index contributed by atoms with van der Waals surface area (Å²) >= 11 is 0. The van der Waals surface area contributed by atoms with Gasteiger partial charge in [-0.1, -0.05) is 0 Å². The standard InChI is InChI=1S/C9H15NO3/c1-9(2)5-4-7(11)6-10(9)8(12)13-3/h4-6H2,1-3H3. The molecule has 1 aliphatic heterocycles. The number of ketones is 1. The van der Waals surface area contributed by atoms with Gasteiger partial charge in [0.05, 0.1) is 13.7 Å². The lowest BCUT2D eigenvalue weighted by Gasteiger charge is -2.40. The van der Waals surface area contributed by atoms with E-state index in [1.165, 1.54) is 12.0 Å². The summed E-state index contributed by atoms with van der Waals surface area (Å²) in [6, 6.07) is 0. The number of hydrogen-bond donors (Lipinski definition) is 0. The number of piperidine rings is 1. The Kier molecular flexibility index (Phi) is 2.59. The fourth-order valence-corrected chi connectivity index (χ4v) is 1.47. The first-order valence-corrected chi connectivity index (χ1v) is 4.34. The zero-order valence-electron chi connectivity index (χ0n) is 8.29. The minimum absolute atomic E-state index is 0.102. The highest BCUT2D eigenvalue weighted by Gasteiger charge is 2.37. The smallest absolute Gasteiger partial charge is 0.410 e. The number of ether oxygens (including phenoxy) is 1. The predicted octanol–water partition coefficient (Wildman–Crippen LogP) is 1.20. The Hall–Kier alpha value is -1.06. The van der Waals surface area contributed by atoms with Crippen molar-refractivity contribution in [1.82, 2.24) is 4.90 Å². The molecule has 0 atom stereocenters. The Morgan fingerprint density at radius 3 is 2.69 bits per heavy atom. The summed E-state index contributed by atoms with van der Waals surface area (Å²) in [6.45, 7) is 4.06. The molecule has 0 spiro atoms. The van der Waals surface area contributed by atoms with Crippen LogP contribution in [0.3, 0.4) is 0 Å². The third kappa shape index (κ3) is 1.99. The van der Waals surface area contributed by atoms with Crippen LogP contribution in [-0.2, 0) is 9.53 Å². The zero-order valence-corrected chi connectivity index (χ0v) is 8.29. The molecule has 1 amide bonds. The van der Waals surface area contributed by atoms with Crippen LogP contribution in [0.1, 0.15) is 26.7 Å². The number of carbonyl (C=O) groups is 2. The van der Waals surface area contributed by atoms with Crippen LogP contribution in [0.4, 0.5) is 4.79 Å². The van der Waals surface area contributed by atoms with Crippen LogP contribution in [0.25, 0.3) is 0 Å². The first-order chi connectivity index (χ1) is 5.97. The highest BCUT2D eigenvalue weighted by molar-refractivity contribution is 5.85. The summed E-state index contributed by atoms with van der Waals surface area (Å²) in [6.07, 6.45) is 0.847. The topological polar surface area (TPSA) is 46.6 Å². The number of amides is 1. The molecule has 0 aromatic carbocycles. The molecule has 0 aromatic rings. The molecule has 0 N–H and O–H groups in total. The molecule has 0 aliphatic carbocycles. The molecular weight excluding hydrogens is 170 g/mol. The molecule has 0 saturated carbocycles. The molecular formula is C9H15NO3. The van der Waals surface area contributed by atoms with Crippen molar-refractivity contribution in [2.24, 2.45) is 0 Å². The van der Waals surface area contributed by atoms with E-state index in [4.69, 9.17) is 0 Å². The fourth-order valence-electron chi connectivity index (χ4n) is 1.47. The molecule has 4 nitrogen and oxygen atoms in total. The van der Waals surface area contributed by atoms with Gasteiger partial charge in [0.15, 0.2) is 5.78 Å². The summed E-state index contributed by atoms with van der Waals surface area (Å²) < 4.78 is 4.61. The van der Waals surface area contributed by atoms with Crippen molar-refractivity contribution < 1.29 is 14.3 Å². The average Bonchev–Trinajstić information content (AvgIpc) is 2.08. The van der Waals surface area contributed by atoms with E-state index < -0.39 is 6.09 Å². The van der Waals surface area contributed by atoms with Gasteiger partial charge in [0, 0.05) is 12.0 Å². The van der Waals surface area contributed by atoms with Gasteiger partial charge < -0.3 is 4.74 Å². The zero-order chi connectivity index (χ0) is 10.1. The van der Waals surface area contributed by atoms with Gasteiger partial charge in [0.2, 0.25) is 0 Å². The lowest BCUT2D eigenvalue weighted by Crippen LogP contribution is -2.53. The molecule has 0 radical (unpaired) electrons. The van der Waals surface area contributed by atoms with Crippen LogP contribution in [0, 0.1) is 0 Å². The maximum absolute atomic E-state index is 11.3. The third-order valence-corrected chi connectivity index (χ3v) is 2.48. The van der Waals surface area contributed by atoms with Gasteiger partial charge in [-0.3, -0.25) is 9.69 Å². The second-order valence-electron chi connectivity index (χ2n) is 3.91. The van der Waals surface area contributed by atoms with Crippen LogP contribution in [0.15, 0.2) is 0 Å². The van der Waals surface area contributed by atoms with Crippen LogP contribution < -0.4 is 0 Å². The number of Topliss-reactive ketones (excluding diaryl/α,β-unsaturated/α-hetero) is 1. The molecule has 0 bridgehead atoms. The molecule has 4 heteroatoms. The normalized spacial score (nSPS) is 21.5. The number of likely N-dealkylation sites (tertiary alicyclic amines) is 1. The van der Waals surface area contributed by atoms with E-state index in [9.17, 15) is 9.59 Å². The fraction of sp³-hybridized carbons (Fsp3) is 0.778. The Balaban J connectivity index is 2.77. The Bertz CT molecular complexity index is 235. The molecule has 0 aromatic heterocycles. The largest absolute Gasteiger partial charge is 0.453 e. The van der Waals surface area contributed by atoms with Gasteiger partial charge in [-0.25, -0.2) is 4.79 Å². The van der Waals surface area contributed by atoms with Crippen molar-refractivity contribution in [3.63, 3.8) is 0 Å². The van der Waals surface area contributed by atoms with Gasteiger partial charge in [0.1, 0.15) is 0 Å². The van der Waals surface area contributed by atoms with Gasteiger partial charge in [-0.15, -0.1) is 0 Å². The average molecular weight is 185 g/mol. The Labute approximate surface area is 77.8 Å². The quantitative estimate of drug-likeness (QED) is 0.569. The predicted molar refractivity (Wildman–Crippen MR) is 47.4 cm³/mol. The van der Waals surface area contributed by atoms with Crippen molar-refractivity contribution >= 4 is 11.9 Å². The first-order valence-electron chi connectivity index (χ1n) is 4.34. The third-order valence-electron chi connectivity index (χ3n) is 2.48. The molecule has 1 rings (SSSR count). The van der Waals surface area contributed by atoms with E-state index in [0.717, 1.165) is 0 Å². The van der Waals surface area contributed by atoms with E-state index in [1.807, 2.05) is 13.8 Å². The minimum atomic E-state index is -0.418. The summed E-state index contributed by atoms with van der Waals surface area (Å²) in [5.41, 5.74) is -0.263. The summed E-state index contributed by atoms with van der Waals surface area (Å²) in [5.74, 6) is 0.102. The van der Waals surface area contributed by atoms with E-state index in [1.54, 1.807) is 0 Å².